The van der Waals surface area contributed by atoms with E-state index in [1.807, 2.05) is 17.2 Å². The predicted octanol–water partition coefficient (Wildman–Crippen LogP) is 3.15. The second-order valence-corrected chi connectivity index (χ2v) is 7.14. The van der Waals surface area contributed by atoms with Crippen LogP contribution in [0.4, 0.5) is 13.2 Å². The van der Waals surface area contributed by atoms with Crippen molar-refractivity contribution in [1.82, 2.24) is 20.1 Å². The van der Waals surface area contributed by atoms with Gasteiger partial charge in [-0.3, -0.25) is 9.89 Å². The van der Waals surface area contributed by atoms with Gasteiger partial charge in [0.15, 0.2) is 5.96 Å². The first-order valence-electron chi connectivity index (χ1n) is 8.48. The molecule has 1 aliphatic heterocycles. The van der Waals surface area contributed by atoms with Gasteiger partial charge in [0.05, 0.1) is 5.01 Å². The summed E-state index contributed by atoms with van der Waals surface area (Å²) in [4.78, 5) is 12.2. The van der Waals surface area contributed by atoms with Crippen molar-refractivity contribution < 1.29 is 13.2 Å². The lowest BCUT2D eigenvalue weighted by molar-refractivity contribution is -0.181. The van der Waals surface area contributed by atoms with Gasteiger partial charge in [-0.05, 0) is 20.3 Å². The van der Waals surface area contributed by atoms with Gasteiger partial charge in [-0.1, -0.05) is 0 Å². The molecule has 1 N–H and O–H groups in total. The molecular weight excluding hydrogens is 478 g/mol. The zero-order valence-electron chi connectivity index (χ0n) is 15.3. The number of hydrogen-bond donors (Lipinski definition) is 1. The number of nitrogens with one attached hydrogen (secondary N) is 1. The van der Waals surface area contributed by atoms with Crippen molar-refractivity contribution >= 4 is 41.3 Å². The van der Waals surface area contributed by atoms with E-state index in [-0.39, 0.29) is 24.0 Å². The lowest BCUT2D eigenvalue weighted by atomic mass is 10.2. The summed E-state index contributed by atoms with van der Waals surface area (Å²) < 4.78 is 38.4. The third kappa shape index (κ3) is 6.84. The Hall–Kier alpha value is -0.620. The maximum absolute atomic E-state index is 12.8. The Balaban J connectivity index is 0.00000338. The Morgan fingerprint density at radius 1 is 1.35 bits per heavy atom. The van der Waals surface area contributed by atoms with Crippen molar-refractivity contribution in [2.24, 2.45) is 4.99 Å². The normalized spacial score (nSPS) is 17.8. The summed E-state index contributed by atoms with van der Waals surface area (Å²) in [6.07, 6.45) is -2.31. The number of rotatable bonds is 5. The van der Waals surface area contributed by atoms with Crippen LogP contribution in [0.3, 0.4) is 0 Å². The summed E-state index contributed by atoms with van der Waals surface area (Å²) >= 11 is 1.67. The number of aromatic nitrogens is 1. The molecule has 1 saturated heterocycles. The molecule has 2 rings (SSSR count). The highest BCUT2D eigenvalue weighted by atomic mass is 127. The van der Waals surface area contributed by atoms with Crippen molar-refractivity contribution in [2.45, 2.75) is 38.9 Å². The molecule has 0 aromatic carbocycles. The van der Waals surface area contributed by atoms with E-state index in [2.05, 4.69) is 15.3 Å². The predicted molar refractivity (Wildman–Crippen MR) is 111 cm³/mol. The number of hydrogen-bond acceptors (Lipinski definition) is 4. The highest BCUT2D eigenvalue weighted by molar-refractivity contribution is 14.0. The highest BCUT2D eigenvalue weighted by Gasteiger charge is 2.41. The average molecular weight is 505 g/mol. The Bertz CT molecular complexity index is 570. The highest BCUT2D eigenvalue weighted by Crippen LogP contribution is 2.25. The molecule has 0 radical (unpaired) electrons. The monoisotopic (exact) mass is 505 g/mol. The zero-order chi connectivity index (χ0) is 18.4. The van der Waals surface area contributed by atoms with Crippen molar-refractivity contribution in [2.75, 3.05) is 39.8 Å². The number of aliphatic imine (C=N–C) groups is 1. The van der Waals surface area contributed by atoms with Crippen LogP contribution in [0.25, 0.3) is 0 Å². The van der Waals surface area contributed by atoms with Crippen LogP contribution in [-0.4, -0.2) is 72.7 Å². The Morgan fingerprint density at radius 2 is 2.00 bits per heavy atom. The molecule has 0 amide bonds. The third-order valence-electron chi connectivity index (χ3n) is 4.36. The van der Waals surface area contributed by atoms with Gasteiger partial charge < -0.3 is 10.2 Å². The van der Waals surface area contributed by atoms with E-state index < -0.39 is 12.2 Å². The lowest BCUT2D eigenvalue weighted by Gasteiger charge is -2.39. The fourth-order valence-corrected chi connectivity index (χ4v) is 3.64. The van der Waals surface area contributed by atoms with Crippen LogP contribution < -0.4 is 5.32 Å². The Kier molecular flexibility index (Phi) is 9.59. The molecule has 0 saturated carbocycles. The van der Waals surface area contributed by atoms with E-state index in [0.29, 0.717) is 26.2 Å². The van der Waals surface area contributed by atoms with Gasteiger partial charge in [-0.15, -0.1) is 35.3 Å². The molecule has 2 heterocycles. The van der Waals surface area contributed by atoms with Crippen LogP contribution in [0.1, 0.15) is 24.0 Å². The number of piperazine rings is 1. The van der Waals surface area contributed by atoms with E-state index in [1.54, 1.807) is 18.4 Å². The molecule has 1 aromatic rings. The van der Waals surface area contributed by atoms with Crippen LogP contribution in [-0.2, 0) is 6.42 Å². The SMILES string of the molecule is CN=C(NCCCc1nc(C)cs1)N1CCN(C(C)C(F)(F)F)CC1.I. The molecule has 1 fully saturated rings. The van der Waals surface area contributed by atoms with Crippen LogP contribution in [0, 0.1) is 6.92 Å². The number of alkyl halides is 3. The summed E-state index contributed by atoms with van der Waals surface area (Å²) in [5.41, 5.74) is 1.05. The van der Waals surface area contributed by atoms with E-state index in [9.17, 15) is 13.2 Å². The average Bonchev–Trinajstić information content (AvgIpc) is 2.99. The number of halogens is 4. The molecule has 0 bridgehead atoms. The lowest BCUT2D eigenvalue weighted by Crippen LogP contribution is -2.56. The molecule has 1 aromatic heterocycles. The largest absolute Gasteiger partial charge is 0.403 e. The minimum absolute atomic E-state index is 0. The van der Waals surface area contributed by atoms with Crippen LogP contribution in [0.5, 0.6) is 0 Å². The van der Waals surface area contributed by atoms with E-state index >= 15 is 0 Å². The van der Waals surface area contributed by atoms with Crippen LogP contribution in [0.2, 0.25) is 0 Å². The molecule has 5 nitrogen and oxygen atoms in total. The van der Waals surface area contributed by atoms with Gasteiger partial charge in [0.25, 0.3) is 0 Å². The quantitative estimate of drug-likeness (QED) is 0.289. The molecule has 150 valence electrons. The molecule has 1 atom stereocenters. The Morgan fingerprint density at radius 3 is 2.50 bits per heavy atom. The maximum atomic E-state index is 12.8. The number of guanidine groups is 1. The maximum Gasteiger partial charge on any atom is 0.403 e. The fraction of sp³-hybridized carbons (Fsp3) is 0.750. The van der Waals surface area contributed by atoms with E-state index in [4.69, 9.17) is 0 Å². The van der Waals surface area contributed by atoms with Gasteiger partial charge in [0.2, 0.25) is 0 Å². The van der Waals surface area contributed by atoms with Crippen molar-refractivity contribution in [3.05, 3.63) is 16.1 Å². The minimum atomic E-state index is -4.17. The second-order valence-electron chi connectivity index (χ2n) is 6.20. The summed E-state index contributed by atoms with van der Waals surface area (Å²) in [6.45, 7) is 5.85. The first-order valence-corrected chi connectivity index (χ1v) is 9.36. The zero-order valence-corrected chi connectivity index (χ0v) is 18.5. The van der Waals surface area contributed by atoms with Gasteiger partial charge >= 0.3 is 6.18 Å². The van der Waals surface area contributed by atoms with Crippen molar-refractivity contribution in [3.8, 4) is 0 Å². The first kappa shape index (κ1) is 23.4. The van der Waals surface area contributed by atoms with Gasteiger partial charge in [-0.25, -0.2) is 4.98 Å². The fourth-order valence-electron chi connectivity index (χ4n) is 2.82. The molecule has 10 heteroatoms. The molecule has 26 heavy (non-hydrogen) atoms. The number of nitrogens with zero attached hydrogens (tertiary/aromatic N) is 4. The smallest absolute Gasteiger partial charge is 0.356 e. The molecule has 1 aliphatic rings. The summed E-state index contributed by atoms with van der Waals surface area (Å²) in [7, 11) is 1.71. The van der Waals surface area contributed by atoms with Crippen molar-refractivity contribution in [3.63, 3.8) is 0 Å². The first-order chi connectivity index (χ1) is 11.8. The second kappa shape index (κ2) is 10.6. The summed E-state index contributed by atoms with van der Waals surface area (Å²) in [6, 6.07) is -1.40. The standard InChI is InChI=1S/C16H26F3N5S.HI/c1-12-11-25-14(22-12)5-4-6-21-15(20-3)24-9-7-23(8-10-24)13(2)16(17,18)19;/h11,13H,4-10H2,1-3H3,(H,20,21);1H. The summed E-state index contributed by atoms with van der Waals surface area (Å²) in [5, 5.41) is 6.48. The third-order valence-corrected chi connectivity index (χ3v) is 5.39. The topological polar surface area (TPSA) is 43.8 Å². The molecule has 0 aliphatic carbocycles. The van der Waals surface area contributed by atoms with E-state index in [1.165, 1.54) is 11.8 Å². The summed E-state index contributed by atoms with van der Waals surface area (Å²) in [5.74, 6) is 0.759. The molecular formula is C16H27F3IN5S. The van der Waals surface area contributed by atoms with Gasteiger partial charge in [0.1, 0.15) is 6.04 Å². The van der Waals surface area contributed by atoms with Crippen molar-refractivity contribution in [1.29, 1.82) is 0 Å². The number of aryl methyl sites for hydroxylation is 2. The van der Waals surface area contributed by atoms with Crippen LogP contribution in [0.15, 0.2) is 10.4 Å². The van der Waals surface area contributed by atoms with Gasteiger partial charge in [0, 0.05) is 57.3 Å². The Labute approximate surface area is 174 Å². The van der Waals surface area contributed by atoms with Crippen LogP contribution >= 0.6 is 35.3 Å². The molecule has 1 unspecified atom stereocenters. The minimum Gasteiger partial charge on any atom is -0.356 e. The van der Waals surface area contributed by atoms with E-state index in [0.717, 1.165) is 36.0 Å². The molecule has 0 spiro atoms. The van der Waals surface area contributed by atoms with Gasteiger partial charge in [-0.2, -0.15) is 13.2 Å². The number of thiazole rings is 1.